The summed E-state index contributed by atoms with van der Waals surface area (Å²) in [4.78, 5) is 15.4. The number of benzene rings is 6. The van der Waals surface area contributed by atoms with Crippen LogP contribution in [0, 0.1) is 40.1 Å². The molecular weight excluding hydrogens is 619 g/mol. The minimum Gasteiger partial charge on any atom is -0.247 e. The second-order valence-electron chi connectivity index (χ2n) is 11.4. The Kier molecular flexibility index (Phi) is 7.05. The lowest BCUT2D eigenvalue weighted by Crippen LogP contribution is -2.00. The van der Waals surface area contributed by atoms with Gasteiger partial charge in [-0.3, -0.25) is 0 Å². The largest absolute Gasteiger partial charge is 0.247 e. The quantitative estimate of drug-likeness (QED) is 0.141. The highest BCUT2D eigenvalue weighted by molar-refractivity contribution is 6.25. The van der Waals surface area contributed by atoms with Crippen LogP contribution in [0.25, 0.3) is 77.6 Å². The topological polar surface area (TPSA) is 86.2 Å². The van der Waals surface area contributed by atoms with E-state index in [4.69, 9.17) is 15.0 Å². The van der Waals surface area contributed by atoms with Crippen molar-refractivity contribution in [2.75, 3.05) is 0 Å². The number of pyridine rings is 1. The Morgan fingerprint density at radius 2 is 1.00 bits per heavy atom. The van der Waals surface area contributed by atoms with Gasteiger partial charge in [-0.2, -0.15) is 10.5 Å². The summed E-state index contributed by atoms with van der Waals surface area (Å²) in [5.41, 5.74) is 6.75. The molecule has 0 radical (unpaired) electrons. The maximum atomic E-state index is 14.9. The SMILES string of the molecule is N#Cc1ccc(-c2nc3cc(-c4cc(F)c(F)c(F)c4)c4c(-c5ccccc5)nc5ccccc5c4c3nc2-c2ccc(C#N)cc2)cc1. The second kappa shape index (κ2) is 11.7. The molecule has 0 N–H and O–H groups in total. The Balaban J connectivity index is 1.58. The average molecular weight is 640 g/mol. The zero-order valence-corrected chi connectivity index (χ0v) is 25.4. The third-order valence-corrected chi connectivity index (χ3v) is 8.52. The fourth-order valence-corrected chi connectivity index (χ4v) is 6.21. The summed E-state index contributed by atoms with van der Waals surface area (Å²) in [7, 11) is 0. The Morgan fingerprint density at radius 3 is 1.61 bits per heavy atom. The van der Waals surface area contributed by atoms with Gasteiger partial charge in [-0.1, -0.05) is 72.8 Å². The first kappa shape index (κ1) is 29.5. The maximum Gasteiger partial charge on any atom is 0.194 e. The van der Waals surface area contributed by atoms with Gasteiger partial charge in [-0.15, -0.1) is 0 Å². The molecule has 0 aliphatic heterocycles. The van der Waals surface area contributed by atoms with Crippen LogP contribution in [0.1, 0.15) is 11.1 Å². The van der Waals surface area contributed by atoms with Crippen molar-refractivity contribution in [3.63, 3.8) is 0 Å². The smallest absolute Gasteiger partial charge is 0.194 e. The first-order valence-electron chi connectivity index (χ1n) is 15.2. The van der Waals surface area contributed by atoms with Crippen molar-refractivity contribution in [1.82, 2.24) is 15.0 Å². The molecule has 0 unspecified atom stereocenters. The zero-order valence-electron chi connectivity index (χ0n) is 25.4. The number of aromatic nitrogens is 3. The number of fused-ring (bicyclic) bond motifs is 5. The van der Waals surface area contributed by atoms with E-state index in [-0.39, 0.29) is 5.56 Å². The van der Waals surface area contributed by atoms with Gasteiger partial charge in [0.1, 0.15) is 0 Å². The van der Waals surface area contributed by atoms with Gasteiger partial charge in [0.2, 0.25) is 0 Å². The van der Waals surface area contributed by atoms with Crippen LogP contribution < -0.4 is 0 Å². The third kappa shape index (κ3) is 5.00. The molecular formula is C41H20F3N5. The number of para-hydroxylation sites is 1. The van der Waals surface area contributed by atoms with Crippen LogP contribution in [0.15, 0.2) is 121 Å². The highest BCUT2D eigenvalue weighted by atomic mass is 19.2. The Morgan fingerprint density at radius 1 is 0.469 bits per heavy atom. The number of halogens is 3. The van der Waals surface area contributed by atoms with E-state index in [2.05, 4.69) is 12.1 Å². The van der Waals surface area contributed by atoms with Crippen molar-refractivity contribution in [2.24, 2.45) is 0 Å². The van der Waals surface area contributed by atoms with Crippen LogP contribution in [0.4, 0.5) is 13.2 Å². The van der Waals surface area contributed by atoms with Crippen molar-refractivity contribution in [3.8, 4) is 57.0 Å². The van der Waals surface area contributed by atoms with E-state index in [0.29, 0.717) is 72.2 Å². The molecule has 0 aliphatic carbocycles. The molecule has 6 aromatic carbocycles. The van der Waals surface area contributed by atoms with Gasteiger partial charge in [0, 0.05) is 32.8 Å². The number of hydrogen-bond donors (Lipinski definition) is 0. The molecule has 0 bridgehead atoms. The molecule has 0 saturated heterocycles. The van der Waals surface area contributed by atoms with Crippen LogP contribution in [0.3, 0.4) is 0 Å². The highest BCUT2D eigenvalue weighted by Gasteiger charge is 2.23. The lowest BCUT2D eigenvalue weighted by molar-refractivity contribution is 0.448. The van der Waals surface area contributed by atoms with Gasteiger partial charge in [0.05, 0.1) is 56.9 Å². The van der Waals surface area contributed by atoms with E-state index in [0.717, 1.165) is 23.1 Å². The fraction of sp³-hybridized carbons (Fsp3) is 0. The first-order valence-corrected chi connectivity index (χ1v) is 15.2. The third-order valence-electron chi connectivity index (χ3n) is 8.52. The molecule has 230 valence electrons. The molecule has 8 rings (SSSR count). The molecule has 0 amide bonds. The molecule has 49 heavy (non-hydrogen) atoms. The summed E-state index contributed by atoms with van der Waals surface area (Å²) in [6, 6.07) is 38.9. The maximum absolute atomic E-state index is 14.9. The van der Waals surface area contributed by atoms with Gasteiger partial charge >= 0.3 is 0 Å². The van der Waals surface area contributed by atoms with E-state index >= 15 is 0 Å². The fourth-order valence-electron chi connectivity index (χ4n) is 6.21. The first-order chi connectivity index (χ1) is 23.9. The molecule has 2 aromatic heterocycles. The Labute approximate surface area is 277 Å². The summed E-state index contributed by atoms with van der Waals surface area (Å²) in [6.07, 6.45) is 0. The monoisotopic (exact) mass is 639 g/mol. The minimum atomic E-state index is -1.56. The highest BCUT2D eigenvalue weighted by Crippen LogP contribution is 2.44. The van der Waals surface area contributed by atoms with Crippen molar-refractivity contribution in [1.29, 1.82) is 10.5 Å². The van der Waals surface area contributed by atoms with Gasteiger partial charge in [0.15, 0.2) is 17.5 Å². The van der Waals surface area contributed by atoms with Crippen LogP contribution >= 0.6 is 0 Å². The number of hydrogen-bond acceptors (Lipinski definition) is 5. The van der Waals surface area contributed by atoms with Crippen molar-refractivity contribution in [2.45, 2.75) is 0 Å². The van der Waals surface area contributed by atoms with Crippen LogP contribution in [0.2, 0.25) is 0 Å². The van der Waals surface area contributed by atoms with E-state index in [9.17, 15) is 23.7 Å². The summed E-state index contributed by atoms with van der Waals surface area (Å²) in [6.45, 7) is 0. The minimum absolute atomic E-state index is 0.107. The molecule has 0 aliphatic rings. The van der Waals surface area contributed by atoms with Crippen LogP contribution in [-0.4, -0.2) is 15.0 Å². The van der Waals surface area contributed by atoms with E-state index in [1.807, 2.05) is 54.6 Å². The number of nitrogens with zero attached hydrogens (tertiary/aromatic N) is 5. The number of nitriles is 2. The molecule has 0 saturated carbocycles. The zero-order chi connectivity index (χ0) is 33.6. The molecule has 2 heterocycles. The van der Waals surface area contributed by atoms with Crippen molar-refractivity contribution < 1.29 is 13.2 Å². The van der Waals surface area contributed by atoms with Crippen LogP contribution in [-0.2, 0) is 0 Å². The van der Waals surface area contributed by atoms with Crippen molar-refractivity contribution in [3.05, 3.63) is 150 Å². The molecule has 8 heteroatoms. The van der Waals surface area contributed by atoms with E-state index in [1.54, 1.807) is 54.6 Å². The predicted molar refractivity (Wildman–Crippen MR) is 183 cm³/mol. The second-order valence-corrected chi connectivity index (χ2v) is 11.4. The molecule has 8 aromatic rings. The van der Waals surface area contributed by atoms with E-state index in [1.165, 1.54) is 0 Å². The van der Waals surface area contributed by atoms with Crippen molar-refractivity contribution >= 4 is 32.7 Å². The molecule has 0 fully saturated rings. The summed E-state index contributed by atoms with van der Waals surface area (Å²) in [5.74, 6) is -4.20. The summed E-state index contributed by atoms with van der Waals surface area (Å²) >= 11 is 0. The molecule has 5 nitrogen and oxygen atoms in total. The summed E-state index contributed by atoms with van der Waals surface area (Å²) in [5, 5.41) is 20.8. The Bertz CT molecular complexity index is 2670. The lowest BCUT2D eigenvalue weighted by atomic mass is 9.91. The van der Waals surface area contributed by atoms with Crippen LogP contribution in [0.5, 0.6) is 0 Å². The van der Waals surface area contributed by atoms with E-state index < -0.39 is 17.5 Å². The normalized spacial score (nSPS) is 11.1. The predicted octanol–water partition coefficient (Wildman–Crippen LogP) is 10.2. The Hall–Kier alpha value is -6.90. The molecule has 0 spiro atoms. The average Bonchev–Trinajstić information content (AvgIpc) is 3.15. The summed E-state index contributed by atoms with van der Waals surface area (Å²) < 4.78 is 44.0. The van der Waals surface area contributed by atoms with Gasteiger partial charge in [0.25, 0.3) is 0 Å². The van der Waals surface area contributed by atoms with Gasteiger partial charge < -0.3 is 0 Å². The number of rotatable bonds is 4. The van der Waals surface area contributed by atoms with Gasteiger partial charge in [-0.05, 0) is 59.7 Å². The standard InChI is InChI=1S/C41H20F3N5/c42-31-18-28(19-32(43)37(31)44)30-20-34-41(35-29-8-4-5-9-33(29)47-38(36(30)35)25-6-2-1-3-7-25)49-40(27-16-12-24(22-46)13-17-27)39(48-34)26-14-10-23(21-45)11-15-26/h1-20H. The molecule has 0 atom stereocenters. The lowest BCUT2D eigenvalue weighted by Gasteiger charge is -2.18. The van der Waals surface area contributed by atoms with Gasteiger partial charge in [-0.25, -0.2) is 28.1 Å².